The molecule has 20 heavy (non-hydrogen) atoms. The molecule has 0 fully saturated rings. The van der Waals surface area contributed by atoms with Crippen molar-refractivity contribution in [3.63, 3.8) is 0 Å². The van der Waals surface area contributed by atoms with Gasteiger partial charge >= 0.3 is 0 Å². The molecule has 2 N–H and O–H groups in total. The van der Waals surface area contributed by atoms with E-state index >= 15 is 0 Å². The summed E-state index contributed by atoms with van der Waals surface area (Å²) in [5.74, 6) is 1.39. The van der Waals surface area contributed by atoms with Crippen molar-refractivity contribution >= 4 is 0 Å². The monoisotopic (exact) mass is 275 g/mol. The van der Waals surface area contributed by atoms with E-state index in [0.29, 0.717) is 18.3 Å². The van der Waals surface area contributed by atoms with Crippen molar-refractivity contribution in [2.24, 2.45) is 11.7 Å². The van der Waals surface area contributed by atoms with E-state index in [1.54, 1.807) is 7.11 Å². The van der Waals surface area contributed by atoms with Gasteiger partial charge in [0.05, 0.1) is 0 Å². The number of rotatable bonds is 6. The number of nitrogens with zero attached hydrogens (tertiary/aromatic N) is 2. The van der Waals surface area contributed by atoms with Crippen molar-refractivity contribution in [2.45, 2.75) is 26.4 Å². The molecule has 1 aromatic heterocycles. The molecular formula is C15H21N3O2. The fourth-order valence-corrected chi connectivity index (χ4v) is 2.24. The van der Waals surface area contributed by atoms with Crippen LogP contribution in [0.3, 0.4) is 0 Å². The van der Waals surface area contributed by atoms with Gasteiger partial charge in [-0.05, 0) is 30.5 Å². The maximum absolute atomic E-state index is 5.64. The Kier molecular flexibility index (Phi) is 4.87. The topological polar surface area (TPSA) is 74.2 Å². The average Bonchev–Trinajstić information content (AvgIpc) is 2.89. The maximum atomic E-state index is 5.64. The number of nitrogens with two attached hydrogens (primary N) is 1. The van der Waals surface area contributed by atoms with Crippen LogP contribution in [0.1, 0.15) is 31.3 Å². The zero-order valence-corrected chi connectivity index (χ0v) is 12.2. The Balaban J connectivity index is 2.33. The summed E-state index contributed by atoms with van der Waals surface area (Å²) in [7, 11) is 1.66. The summed E-state index contributed by atoms with van der Waals surface area (Å²) < 4.78 is 10.8. The highest BCUT2D eigenvalue weighted by atomic mass is 16.5. The third-order valence-corrected chi connectivity index (χ3v) is 3.22. The molecule has 5 nitrogen and oxygen atoms in total. The average molecular weight is 275 g/mol. The van der Waals surface area contributed by atoms with Crippen LogP contribution in [0.2, 0.25) is 0 Å². The fraction of sp³-hybridized carbons (Fsp3) is 0.467. The predicted octanol–water partition coefficient (Wildman–Crippen LogP) is 2.58. The summed E-state index contributed by atoms with van der Waals surface area (Å²) in [6, 6.07) is 7.94. The van der Waals surface area contributed by atoms with E-state index < -0.39 is 0 Å². The molecule has 2 rings (SSSR count). The van der Waals surface area contributed by atoms with Gasteiger partial charge in [0.25, 0.3) is 5.89 Å². The lowest BCUT2D eigenvalue weighted by Gasteiger charge is -2.14. The normalized spacial score (nSPS) is 12.8. The van der Waals surface area contributed by atoms with Gasteiger partial charge in [0.15, 0.2) is 0 Å². The largest absolute Gasteiger partial charge is 0.373 e. The van der Waals surface area contributed by atoms with E-state index in [1.165, 1.54) is 0 Å². The van der Waals surface area contributed by atoms with E-state index in [0.717, 1.165) is 17.5 Å². The molecule has 0 spiro atoms. The summed E-state index contributed by atoms with van der Waals surface area (Å²) in [6.07, 6.45) is 0.625. The van der Waals surface area contributed by atoms with Crippen molar-refractivity contribution in [3.05, 3.63) is 35.7 Å². The van der Waals surface area contributed by atoms with E-state index in [2.05, 4.69) is 24.0 Å². The van der Waals surface area contributed by atoms with Gasteiger partial charge in [-0.15, -0.1) is 0 Å². The fourth-order valence-electron chi connectivity index (χ4n) is 2.24. The molecule has 1 aromatic carbocycles. The van der Waals surface area contributed by atoms with Crippen LogP contribution in [0.25, 0.3) is 11.5 Å². The van der Waals surface area contributed by atoms with Crippen LogP contribution in [-0.2, 0) is 11.2 Å². The van der Waals surface area contributed by atoms with Gasteiger partial charge < -0.3 is 15.0 Å². The first kappa shape index (κ1) is 14.7. The summed E-state index contributed by atoms with van der Waals surface area (Å²) >= 11 is 0. The number of benzene rings is 1. The molecule has 0 amide bonds. The van der Waals surface area contributed by atoms with E-state index in [1.807, 2.05) is 24.3 Å². The number of aromatic nitrogens is 2. The molecule has 0 bridgehead atoms. The summed E-state index contributed by atoms with van der Waals surface area (Å²) in [5.41, 5.74) is 7.69. The zero-order chi connectivity index (χ0) is 14.5. The first-order chi connectivity index (χ1) is 9.67. The maximum Gasteiger partial charge on any atom is 0.258 e. The first-order valence-corrected chi connectivity index (χ1v) is 6.82. The molecule has 0 saturated carbocycles. The van der Waals surface area contributed by atoms with Gasteiger partial charge in [-0.2, -0.15) is 4.98 Å². The number of methoxy groups -OCH3 is 1. The van der Waals surface area contributed by atoms with E-state index in [4.69, 9.17) is 15.0 Å². The van der Waals surface area contributed by atoms with Crippen molar-refractivity contribution in [2.75, 3.05) is 13.7 Å². The van der Waals surface area contributed by atoms with Gasteiger partial charge in [0.2, 0.25) is 5.82 Å². The Hall–Kier alpha value is -1.72. The summed E-state index contributed by atoms with van der Waals surface area (Å²) in [5, 5.41) is 4.04. The van der Waals surface area contributed by atoms with Gasteiger partial charge in [0, 0.05) is 12.7 Å². The molecule has 1 unspecified atom stereocenters. The minimum atomic E-state index is -0.158. The third-order valence-electron chi connectivity index (χ3n) is 3.22. The van der Waals surface area contributed by atoms with Crippen LogP contribution in [0.5, 0.6) is 0 Å². The SMILES string of the molecule is COC(c1noc(-c2ccccc2CCN)n1)C(C)C. The van der Waals surface area contributed by atoms with Gasteiger partial charge in [0.1, 0.15) is 6.10 Å². The second-order valence-electron chi connectivity index (χ2n) is 5.05. The van der Waals surface area contributed by atoms with Crippen molar-refractivity contribution in [1.82, 2.24) is 10.1 Å². The number of hydrogen-bond donors (Lipinski definition) is 1. The van der Waals surface area contributed by atoms with Crippen LogP contribution >= 0.6 is 0 Å². The second kappa shape index (κ2) is 6.63. The summed E-state index contributed by atoms with van der Waals surface area (Å²) in [4.78, 5) is 4.47. The van der Waals surface area contributed by atoms with Crippen LogP contribution < -0.4 is 5.73 Å². The molecule has 1 heterocycles. The molecule has 0 aliphatic carbocycles. The van der Waals surface area contributed by atoms with Crippen LogP contribution in [0.15, 0.2) is 28.8 Å². The van der Waals surface area contributed by atoms with Crippen LogP contribution in [0, 0.1) is 5.92 Å². The molecule has 0 saturated heterocycles. The lowest BCUT2D eigenvalue weighted by Crippen LogP contribution is -2.10. The van der Waals surface area contributed by atoms with Gasteiger partial charge in [-0.1, -0.05) is 37.2 Å². The Morgan fingerprint density at radius 3 is 2.70 bits per heavy atom. The minimum absolute atomic E-state index is 0.158. The number of hydrogen-bond acceptors (Lipinski definition) is 5. The molecule has 1 atom stereocenters. The third kappa shape index (κ3) is 3.05. The smallest absolute Gasteiger partial charge is 0.258 e. The molecule has 108 valence electrons. The van der Waals surface area contributed by atoms with E-state index in [-0.39, 0.29) is 12.0 Å². The molecule has 0 aliphatic rings. The van der Waals surface area contributed by atoms with Gasteiger partial charge in [-0.3, -0.25) is 0 Å². The Labute approximate surface area is 119 Å². The second-order valence-corrected chi connectivity index (χ2v) is 5.05. The quantitative estimate of drug-likeness (QED) is 0.877. The molecular weight excluding hydrogens is 254 g/mol. The minimum Gasteiger partial charge on any atom is -0.373 e. The highest BCUT2D eigenvalue weighted by Gasteiger charge is 2.22. The molecule has 5 heteroatoms. The Morgan fingerprint density at radius 2 is 2.05 bits per heavy atom. The van der Waals surface area contributed by atoms with Crippen LogP contribution in [0.4, 0.5) is 0 Å². The number of ether oxygens (including phenoxy) is 1. The van der Waals surface area contributed by atoms with Gasteiger partial charge in [-0.25, -0.2) is 0 Å². The zero-order valence-electron chi connectivity index (χ0n) is 12.2. The van der Waals surface area contributed by atoms with Crippen molar-refractivity contribution < 1.29 is 9.26 Å². The summed E-state index contributed by atoms with van der Waals surface area (Å²) in [6.45, 7) is 4.71. The lowest BCUT2D eigenvalue weighted by atomic mass is 10.0. The highest BCUT2D eigenvalue weighted by molar-refractivity contribution is 5.58. The molecule has 0 aliphatic heterocycles. The standard InChI is InChI=1S/C15H21N3O2/c1-10(2)13(19-3)14-17-15(20-18-14)12-7-5-4-6-11(12)8-9-16/h4-7,10,13H,8-9,16H2,1-3H3. The predicted molar refractivity (Wildman–Crippen MR) is 77.1 cm³/mol. The van der Waals surface area contributed by atoms with Crippen LogP contribution in [-0.4, -0.2) is 23.8 Å². The lowest BCUT2D eigenvalue weighted by molar-refractivity contribution is 0.0556. The highest BCUT2D eigenvalue weighted by Crippen LogP contribution is 2.27. The van der Waals surface area contributed by atoms with Crippen molar-refractivity contribution in [3.8, 4) is 11.5 Å². The van der Waals surface area contributed by atoms with Crippen molar-refractivity contribution in [1.29, 1.82) is 0 Å². The Morgan fingerprint density at radius 1 is 1.30 bits per heavy atom. The first-order valence-electron chi connectivity index (χ1n) is 6.82. The van der Waals surface area contributed by atoms with E-state index in [9.17, 15) is 0 Å². The Bertz CT molecular complexity index is 552. The molecule has 0 radical (unpaired) electrons. The molecule has 2 aromatic rings.